The minimum atomic E-state index is -3.75. The summed E-state index contributed by atoms with van der Waals surface area (Å²) in [6.07, 6.45) is 0.608. The van der Waals surface area contributed by atoms with E-state index in [-0.39, 0.29) is 23.8 Å². The van der Waals surface area contributed by atoms with Crippen LogP contribution in [0.2, 0.25) is 0 Å². The van der Waals surface area contributed by atoms with Gasteiger partial charge in [0.1, 0.15) is 0 Å². The Morgan fingerprint density at radius 2 is 2.10 bits per heavy atom. The molecule has 1 saturated heterocycles. The summed E-state index contributed by atoms with van der Waals surface area (Å²) in [5, 5.41) is 8.95. The zero-order valence-corrected chi connectivity index (χ0v) is 12.5. The zero-order chi connectivity index (χ0) is 15.6. The minimum absolute atomic E-state index is 0.0242. The summed E-state index contributed by atoms with van der Waals surface area (Å²) in [5.74, 6) is -1.78. The molecule has 0 bridgehead atoms. The summed E-state index contributed by atoms with van der Waals surface area (Å²) in [5.41, 5.74) is 0.354. The Bertz CT molecular complexity index is 668. The molecule has 21 heavy (non-hydrogen) atoms. The molecule has 1 heterocycles. The van der Waals surface area contributed by atoms with Crippen LogP contribution in [0, 0.1) is 5.92 Å². The number of carboxylic acids is 1. The minimum Gasteiger partial charge on any atom is -0.481 e. The molecule has 1 aliphatic rings. The van der Waals surface area contributed by atoms with Crippen LogP contribution in [0.4, 0.5) is 0 Å². The maximum absolute atomic E-state index is 12.5. The molecule has 7 heteroatoms. The number of carbonyl (C=O) groups is 2. The Balaban J connectivity index is 2.28. The van der Waals surface area contributed by atoms with Gasteiger partial charge in [-0.05, 0) is 18.6 Å². The number of aliphatic carboxylic acids is 1. The van der Waals surface area contributed by atoms with Crippen LogP contribution in [0.3, 0.4) is 0 Å². The Morgan fingerprint density at radius 3 is 2.67 bits per heavy atom. The number of carboxylic acid groups (broad SMARTS) is 1. The summed E-state index contributed by atoms with van der Waals surface area (Å²) in [6, 6.07) is 5.89. The summed E-state index contributed by atoms with van der Waals surface area (Å²) in [6.45, 7) is 1.87. The molecule has 0 aliphatic carbocycles. The second-order valence-electron chi connectivity index (χ2n) is 4.99. The van der Waals surface area contributed by atoms with Crippen molar-refractivity contribution in [3.8, 4) is 0 Å². The van der Waals surface area contributed by atoms with Crippen molar-refractivity contribution < 1.29 is 23.1 Å². The van der Waals surface area contributed by atoms with E-state index in [1.54, 1.807) is 13.0 Å². The van der Waals surface area contributed by atoms with E-state index >= 15 is 0 Å². The number of sulfonamides is 1. The van der Waals surface area contributed by atoms with Crippen molar-refractivity contribution in [1.29, 1.82) is 0 Å². The fourth-order valence-electron chi connectivity index (χ4n) is 2.33. The van der Waals surface area contributed by atoms with Gasteiger partial charge in [0.2, 0.25) is 10.0 Å². The molecule has 1 unspecified atom stereocenters. The highest BCUT2D eigenvalue weighted by Crippen LogP contribution is 2.25. The van der Waals surface area contributed by atoms with Gasteiger partial charge in [-0.3, -0.25) is 9.59 Å². The first-order chi connectivity index (χ1) is 9.86. The molecular formula is C14H17NO5S. The second-order valence-corrected chi connectivity index (χ2v) is 6.93. The molecule has 1 aromatic carbocycles. The number of Topliss-reactive ketones (excluding diaryl/α,β-unsaturated/α-hetero) is 1. The topological polar surface area (TPSA) is 91.8 Å². The van der Waals surface area contributed by atoms with Crippen LogP contribution in [-0.4, -0.2) is 42.7 Å². The van der Waals surface area contributed by atoms with Gasteiger partial charge in [0.05, 0.1) is 10.8 Å². The molecule has 1 fully saturated rings. The number of benzene rings is 1. The van der Waals surface area contributed by atoms with Gasteiger partial charge in [-0.25, -0.2) is 8.42 Å². The van der Waals surface area contributed by atoms with E-state index in [9.17, 15) is 18.0 Å². The number of hydrogen-bond acceptors (Lipinski definition) is 4. The van der Waals surface area contributed by atoms with E-state index in [4.69, 9.17) is 5.11 Å². The highest BCUT2D eigenvalue weighted by atomic mass is 32.2. The van der Waals surface area contributed by atoms with Crippen LogP contribution in [0.5, 0.6) is 0 Å². The van der Waals surface area contributed by atoms with Crippen LogP contribution in [-0.2, 0) is 14.8 Å². The molecule has 1 atom stereocenters. The van der Waals surface area contributed by atoms with Gasteiger partial charge >= 0.3 is 5.97 Å². The Morgan fingerprint density at radius 1 is 1.38 bits per heavy atom. The van der Waals surface area contributed by atoms with E-state index < -0.39 is 21.9 Å². The molecule has 1 aromatic rings. The predicted octanol–water partition coefficient (Wildman–Crippen LogP) is 1.37. The van der Waals surface area contributed by atoms with Gasteiger partial charge in [0, 0.05) is 25.1 Å². The van der Waals surface area contributed by atoms with Crippen molar-refractivity contribution in [1.82, 2.24) is 4.31 Å². The fourth-order valence-corrected chi connectivity index (χ4v) is 3.88. The van der Waals surface area contributed by atoms with Gasteiger partial charge in [0.25, 0.3) is 0 Å². The van der Waals surface area contributed by atoms with Gasteiger partial charge < -0.3 is 5.11 Å². The lowest BCUT2D eigenvalue weighted by atomic mass is 10.1. The zero-order valence-electron chi connectivity index (χ0n) is 11.7. The largest absolute Gasteiger partial charge is 0.481 e. The van der Waals surface area contributed by atoms with E-state index in [2.05, 4.69) is 0 Å². The summed E-state index contributed by atoms with van der Waals surface area (Å²) < 4.78 is 26.1. The van der Waals surface area contributed by atoms with Gasteiger partial charge in [-0.2, -0.15) is 4.31 Å². The van der Waals surface area contributed by atoms with Crippen molar-refractivity contribution in [3.63, 3.8) is 0 Å². The highest BCUT2D eigenvalue weighted by molar-refractivity contribution is 7.89. The average molecular weight is 311 g/mol. The molecule has 1 aliphatic heterocycles. The predicted molar refractivity (Wildman–Crippen MR) is 75.6 cm³/mol. The van der Waals surface area contributed by atoms with Crippen molar-refractivity contribution in [2.45, 2.75) is 24.7 Å². The third kappa shape index (κ3) is 3.14. The average Bonchev–Trinajstić information content (AvgIpc) is 2.97. The fraction of sp³-hybridized carbons (Fsp3) is 0.429. The van der Waals surface area contributed by atoms with Crippen molar-refractivity contribution in [2.75, 3.05) is 13.1 Å². The van der Waals surface area contributed by atoms with Crippen LogP contribution in [0.25, 0.3) is 0 Å². The lowest BCUT2D eigenvalue weighted by Crippen LogP contribution is -2.30. The molecule has 1 N–H and O–H groups in total. The quantitative estimate of drug-likeness (QED) is 0.829. The standard InChI is InChI=1S/C14H17NO5S/c1-2-13(16)10-4-3-5-12(8-10)21(19,20)15-7-6-11(9-15)14(17)18/h3-5,8,11H,2,6-7,9H2,1H3,(H,17,18). The van der Waals surface area contributed by atoms with Gasteiger partial charge in [0.15, 0.2) is 5.78 Å². The summed E-state index contributed by atoms with van der Waals surface area (Å²) in [7, 11) is -3.75. The molecule has 0 spiro atoms. The molecule has 6 nitrogen and oxygen atoms in total. The smallest absolute Gasteiger partial charge is 0.307 e. The Labute approximate surface area is 123 Å². The number of carbonyl (C=O) groups excluding carboxylic acids is 1. The lowest BCUT2D eigenvalue weighted by molar-refractivity contribution is -0.141. The first kappa shape index (κ1) is 15.7. The number of ketones is 1. The molecular weight excluding hydrogens is 294 g/mol. The van der Waals surface area contributed by atoms with Crippen LogP contribution in [0.1, 0.15) is 30.1 Å². The summed E-state index contributed by atoms with van der Waals surface area (Å²) in [4.78, 5) is 22.6. The van der Waals surface area contributed by atoms with E-state index in [0.29, 0.717) is 18.4 Å². The molecule has 0 saturated carbocycles. The summed E-state index contributed by atoms with van der Waals surface area (Å²) >= 11 is 0. The maximum Gasteiger partial charge on any atom is 0.307 e. The number of rotatable bonds is 5. The van der Waals surface area contributed by atoms with Gasteiger partial charge in [-0.1, -0.05) is 19.1 Å². The highest BCUT2D eigenvalue weighted by Gasteiger charge is 2.35. The molecule has 114 valence electrons. The second kappa shape index (κ2) is 5.95. The van der Waals surface area contributed by atoms with E-state index in [1.807, 2.05) is 0 Å². The number of nitrogens with zero attached hydrogens (tertiary/aromatic N) is 1. The third-order valence-electron chi connectivity index (χ3n) is 3.62. The maximum atomic E-state index is 12.5. The monoisotopic (exact) mass is 311 g/mol. The first-order valence-electron chi connectivity index (χ1n) is 6.72. The normalized spacial score (nSPS) is 19.6. The Kier molecular flexibility index (Phi) is 4.43. The first-order valence-corrected chi connectivity index (χ1v) is 8.16. The van der Waals surface area contributed by atoms with Crippen molar-refractivity contribution >= 4 is 21.8 Å². The van der Waals surface area contributed by atoms with E-state index in [0.717, 1.165) is 0 Å². The molecule has 2 rings (SSSR count). The SMILES string of the molecule is CCC(=O)c1cccc(S(=O)(=O)N2CCC(C(=O)O)C2)c1. The van der Waals surface area contributed by atoms with Crippen LogP contribution >= 0.6 is 0 Å². The van der Waals surface area contributed by atoms with E-state index in [1.165, 1.54) is 22.5 Å². The lowest BCUT2D eigenvalue weighted by Gasteiger charge is -2.16. The van der Waals surface area contributed by atoms with Crippen LogP contribution < -0.4 is 0 Å². The van der Waals surface area contributed by atoms with Crippen molar-refractivity contribution in [2.24, 2.45) is 5.92 Å². The number of hydrogen-bond donors (Lipinski definition) is 1. The Hall–Kier alpha value is -1.73. The molecule has 0 aromatic heterocycles. The molecule has 0 radical (unpaired) electrons. The molecule has 0 amide bonds. The van der Waals surface area contributed by atoms with Crippen LogP contribution in [0.15, 0.2) is 29.2 Å². The third-order valence-corrected chi connectivity index (χ3v) is 5.48. The van der Waals surface area contributed by atoms with Crippen molar-refractivity contribution in [3.05, 3.63) is 29.8 Å². The van der Waals surface area contributed by atoms with Gasteiger partial charge in [-0.15, -0.1) is 0 Å².